The van der Waals surface area contributed by atoms with E-state index < -0.39 is 5.97 Å². The fraction of sp³-hybridized carbons (Fsp3) is 0.611. The Labute approximate surface area is 129 Å². The normalized spacial score (nSPS) is 14.7. The lowest BCUT2D eigenvalue weighted by Crippen LogP contribution is -2.17. The summed E-state index contributed by atoms with van der Waals surface area (Å²) in [5, 5.41) is 19.4. The Morgan fingerprint density at radius 1 is 1.00 bits per heavy atom. The molecule has 3 heteroatoms. The number of hydrogen-bond donors (Lipinski definition) is 2. The largest absolute Gasteiger partial charge is 0.508 e. The average molecular weight is 294 g/mol. The fourth-order valence-electron chi connectivity index (χ4n) is 1.74. The molecule has 0 aromatic rings. The first-order valence-electron chi connectivity index (χ1n) is 7.29. The van der Waals surface area contributed by atoms with Crippen molar-refractivity contribution in [2.75, 3.05) is 0 Å². The highest BCUT2D eigenvalue weighted by molar-refractivity contribution is 5.67. The second kappa shape index (κ2) is 6.97. The van der Waals surface area contributed by atoms with Crippen molar-refractivity contribution < 1.29 is 15.0 Å². The number of aliphatic hydroxyl groups is 1. The van der Waals surface area contributed by atoms with Crippen molar-refractivity contribution in [2.45, 2.75) is 61.3 Å². The summed E-state index contributed by atoms with van der Waals surface area (Å²) < 4.78 is 0. The minimum atomic E-state index is -0.840. The minimum Gasteiger partial charge on any atom is -0.508 e. The van der Waals surface area contributed by atoms with Crippen LogP contribution in [0.25, 0.3) is 0 Å². The maximum Gasteiger partial charge on any atom is 0.303 e. The third kappa shape index (κ3) is 6.65. The Morgan fingerprint density at radius 2 is 1.48 bits per heavy atom. The maximum absolute atomic E-state index is 10.6. The van der Waals surface area contributed by atoms with E-state index in [1.807, 2.05) is 33.8 Å². The van der Waals surface area contributed by atoms with Crippen LogP contribution >= 0.6 is 0 Å². The van der Waals surface area contributed by atoms with Gasteiger partial charge in [0.25, 0.3) is 0 Å². The summed E-state index contributed by atoms with van der Waals surface area (Å²) in [6.07, 6.45) is 2.26. The Morgan fingerprint density at radius 3 is 1.81 bits per heavy atom. The number of carboxylic acid groups (broad SMARTS) is 1. The van der Waals surface area contributed by atoms with Gasteiger partial charge in [0.15, 0.2) is 0 Å². The van der Waals surface area contributed by atoms with Crippen molar-refractivity contribution >= 4 is 5.97 Å². The van der Waals surface area contributed by atoms with Crippen molar-refractivity contribution in [3.63, 3.8) is 0 Å². The molecule has 21 heavy (non-hydrogen) atoms. The van der Waals surface area contributed by atoms with Crippen molar-refractivity contribution in [2.24, 2.45) is 10.8 Å². The highest BCUT2D eigenvalue weighted by atomic mass is 16.4. The third-order valence-corrected chi connectivity index (χ3v) is 3.55. The molecule has 0 aromatic heterocycles. The molecule has 0 amide bonds. The van der Waals surface area contributed by atoms with Crippen LogP contribution in [-0.2, 0) is 4.79 Å². The van der Waals surface area contributed by atoms with Gasteiger partial charge >= 0.3 is 5.97 Å². The molecule has 0 atom stereocenters. The number of allylic oxidation sites excluding steroid dienone is 4. The molecule has 0 bridgehead atoms. The van der Waals surface area contributed by atoms with Crippen molar-refractivity contribution in [1.29, 1.82) is 0 Å². The molecule has 0 aliphatic carbocycles. The Hall–Kier alpha value is -1.51. The molecule has 0 aromatic carbocycles. The molecular weight excluding hydrogens is 264 g/mol. The quantitative estimate of drug-likeness (QED) is 0.537. The van der Waals surface area contributed by atoms with Crippen LogP contribution in [0.5, 0.6) is 0 Å². The number of hydrogen-bond acceptors (Lipinski definition) is 2. The lowest BCUT2D eigenvalue weighted by molar-refractivity contribution is -0.136. The van der Waals surface area contributed by atoms with E-state index in [9.17, 15) is 9.90 Å². The first kappa shape index (κ1) is 19.5. The Balaban J connectivity index is 5.63. The van der Waals surface area contributed by atoms with Crippen LogP contribution in [0.2, 0.25) is 0 Å². The second-order valence-corrected chi connectivity index (χ2v) is 7.58. The van der Waals surface area contributed by atoms with E-state index in [1.165, 1.54) is 0 Å². The molecule has 3 nitrogen and oxygen atoms in total. The molecule has 0 aliphatic rings. The molecule has 0 spiro atoms. The van der Waals surface area contributed by atoms with Gasteiger partial charge in [0.2, 0.25) is 0 Å². The van der Waals surface area contributed by atoms with Gasteiger partial charge in [-0.2, -0.15) is 0 Å². The number of rotatable bonds is 5. The molecule has 0 unspecified atom stereocenters. The fourth-order valence-corrected chi connectivity index (χ4v) is 1.74. The summed E-state index contributed by atoms with van der Waals surface area (Å²) in [5.74, 6) is -0.557. The van der Waals surface area contributed by atoms with E-state index in [0.717, 1.165) is 16.7 Å². The summed E-state index contributed by atoms with van der Waals surface area (Å²) in [6.45, 7) is 18.1. The topological polar surface area (TPSA) is 57.5 Å². The summed E-state index contributed by atoms with van der Waals surface area (Å²) in [4.78, 5) is 10.6. The van der Waals surface area contributed by atoms with Gasteiger partial charge in [0, 0.05) is 6.42 Å². The van der Waals surface area contributed by atoms with Gasteiger partial charge in [-0.15, -0.1) is 0 Å². The molecule has 0 rings (SSSR count). The minimum absolute atomic E-state index is 0.0511. The van der Waals surface area contributed by atoms with E-state index in [-0.39, 0.29) is 23.0 Å². The predicted molar refractivity (Wildman–Crippen MR) is 88.3 cm³/mol. The molecule has 0 saturated carbocycles. The van der Waals surface area contributed by atoms with Gasteiger partial charge in [-0.1, -0.05) is 59.8 Å². The zero-order valence-corrected chi connectivity index (χ0v) is 14.5. The van der Waals surface area contributed by atoms with Crippen LogP contribution in [0.3, 0.4) is 0 Å². The number of carboxylic acids is 1. The number of aliphatic hydroxyl groups excluding tert-OH is 1. The molecule has 0 heterocycles. The molecular formula is C18H30O3. The van der Waals surface area contributed by atoms with Crippen LogP contribution in [0.4, 0.5) is 0 Å². The highest BCUT2D eigenvalue weighted by Gasteiger charge is 2.26. The highest BCUT2D eigenvalue weighted by Crippen LogP contribution is 2.37. The molecule has 0 fully saturated rings. The van der Waals surface area contributed by atoms with Crippen LogP contribution in [0, 0.1) is 10.8 Å². The lowest BCUT2D eigenvalue weighted by atomic mass is 9.78. The van der Waals surface area contributed by atoms with Crippen LogP contribution in [-0.4, -0.2) is 16.2 Å². The first-order valence-corrected chi connectivity index (χ1v) is 7.29. The van der Waals surface area contributed by atoms with Crippen LogP contribution in [0.1, 0.15) is 61.3 Å². The predicted octanol–water partition coefficient (Wildman–Crippen LogP) is 5.26. The maximum atomic E-state index is 10.6. The second-order valence-electron chi connectivity index (χ2n) is 7.58. The SMILES string of the molecule is C=C(/C=C(\C(O)=C(/C)C(C)(C)C)C(C)(C)C)CCC(=O)O. The summed E-state index contributed by atoms with van der Waals surface area (Å²) in [6, 6.07) is 0. The van der Waals surface area contributed by atoms with Crippen molar-refractivity contribution in [3.8, 4) is 0 Å². The molecule has 2 N–H and O–H groups in total. The van der Waals surface area contributed by atoms with Gasteiger partial charge in [0.1, 0.15) is 5.76 Å². The van der Waals surface area contributed by atoms with E-state index in [1.54, 1.807) is 0 Å². The van der Waals surface area contributed by atoms with Crippen LogP contribution in [0.15, 0.2) is 35.1 Å². The smallest absolute Gasteiger partial charge is 0.303 e. The van der Waals surface area contributed by atoms with Gasteiger partial charge in [-0.25, -0.2) is 0 Å². The zero-order valence-electron chi connectivity index (χ0n) is 14.5. The summed E-state index contributed by atoms with van der Waals surface area (Å²) >= 11 is 0. The van der Waals surface area contributed by atoms with E-state index in [4.69, 9.17) is 5.11 Å². The number of carbonyl (C=O) groups is 1. The first-order chi connectivity index (χ1) is 9.26. The molecule has 120 valence electrons. The Kier molecular flexibility index (Phi) is 6.47. The summed E-state index contributed by atoms with van der Waals surface area (Å²) in [5.41, 5.74) is 2.05. The van der Waals surface area contributed by atoms with Gasteiger partial charge < -0.3 is 10.2 Å². The summed E-state index contributed by atoms with van der Waals surface area (Å²) in [7, 11) is 0. The zero-order chi connectivity index (χ0) is 17.0. The molecule has 0 aliphatic heterocycles. The van der Waals surface area contributed by atoms with E-state index in [0.29, 0.717) is 6.42 Å². The van der Waals surface area contributed by atoms with E-state index in [2.05, 4.69) is 27.4 Å². The van der Waals surface area contributed by atoms with E-state index >= 15 is 0 Å². The van der Waals surface area contributed by atoms with Gasteiger partial charge in [-0.3, -0.25) is 4.79 Å². The lowest BCUT2D eigenvalue weighted by Gasteiger charge is -2.28. The Bertz CT molecular complexity index is 466. The van der Waals surface area contributed by atoms with Crippen molar-refractivity contribution in [1.82, 2.24) is 0 Å². The third-order valence-electron chi connectivity index (χ3n) is 3.55. The van der Waals surface area contributed by atoms with Gasteiger partial charge in [-0.05, 0) is 35.3 Å². The number of aliphatic carboxylic acids is 1. The molecule has 0 saturated heterocycles. The average Bonchev–Trinajstić information content (AvgIpc) is 2.28. The molecule has 0 radical (unpaired) electrons. The van der Waals surface area contributed by atoms with Crippen LogP contribution < -0.4 is 0 Å². The van der Waals surface area contributed by atoms with Crippen molar-refractivity contribution in [3.05, 3.63) is 35.1 Å². The monoisotopic (exact) mass is 294 g/mol. The standard InChI is InChI=1S/C18H30O3/c1-12(9-10-15(19)20)11-14(18(6,7)8)16(21)13(2)17(3,4)5/h11,21H,1,9-10H2,2-8H3,(H,19,20)/b14-11+,16-13-. The van der Waals surface area contributed by atoms with Gasteiger partial charge in [0.05, 0.1) is 0 Å².